The van der Waals surface area contributed by atoms with E-state index in [0.29, 0.717) is 10.8 Å². The third-order valence-corrected chi connectivity index (χ3v) is 7.92. The van der Waals surface area contributed by atoms with Gasteiger partial charge in [-0.3, -0.25) is 9.44 Å². The molecule has 0 unspecified atom stereocenters. The van der Waals surface area contributed by atoms with E-state index < -0.39 is 32.0 Å². The first-order valence-corrected chi connectivity index (χ1v) is 13.2. The van der Waals surface area contributed by atoms with Crippen molar-refractivity contribution < 1.29 is 36.6 Å². The predicted molar refractivity (Wildman–Crippen MR) is 132 cm³/mol. The number of hydrogen-bond donors (Lipinski definition) is 4. The Morgan fingerprint density at radius 1 is 0.556 bits per heavy atom. The highest BCUT2D eigenvalue weighted by atomic mass is 32.2. The Hall–Kier alpha value is -4.42. The summed E-state index contributed by atoms with van der Waals surface area (Å²) >= 11 is 0. The molecular weight excluding hydrogens is 508 g/mol. The second-order valence-electron chi connectivity index (χ2n) is 7.58. The lowest BCUT2D eigenvalue weighted by Crippen LogP contribution is -2.15. The van der Waals surface area contributed by atoms with Crippen LogP contribution in [-0.4, -0.2) is 39.0 Å². The normalized spacial score (nSPS) is 11.7. The van der Waals surface area contributed by atoms with Crippen LogP contribution in [0.5, 0.6) is 0 Å². The molecule has 0 heterocycles. The van der Waals surface area contributed by atoms with Crippen molar-refractivity contribution in [1.29, 1.82) is 0 Å². The third-order valence-electron chi connectivity index (χ3n) is 5.20. The van der Waals surface area contributed by atoms with Crippen molar-refractivity contribution in [1.82, 2.24) is 0 Å². The van der Waals surface area contributed by atoms with E-state index in [2.05, 4.69) is 9.44 Å². The van der Waals surface area contributed by atoms with Gasteiger partial charge in [-0.25, -0.2) is 26.4 Å². The van der Waals surface area contributed by atoms with Gasteiger partial charge in [-0.05, 0) is 48.5 Å². The van der Waals surface area contributed by atoms with Gasteiger partial charge in [-0.2, -0.15) is 0 Å². The molecule has 0 saturated heterocycles. The first kappa shape index (κ1) is 24.7. The van der Waals surface area contributed by atoms with Gasteiger partial charge in [0, 0.05) is 10.8 Å². The van der Waals surface area contributed by atoms with Gasteiger partial charge in [0.25, 0.3) is 20.0 Å². The minimum atomic E-state index is -4.17. The van der Waals surface area contributed by atoms with Crippen LogP contribution in [0, 0.1) is 0 Å². The number of rotatable bonds is 8. The van der Waals surface area contributed by atoms with Crippen LogP contribution in [0.25, 0.3) is 10.8 Å². The van der Waals surface area contributed by atoms with Crippen LogP contribution in [0.1, 0.15) is 20.7 Å². The first-order valence-electron chi connectivity index (χ1n) is 10.2. The van der Waals surface area contributed by atoms with Crippen molar-refractivity contribution in [2.24, 2.45) is 0 Å². The van der Waals surface area contributed by atoms with Gasteiger partial charge in [0.15, 0.2) is 0 Å². The summed E-state index contributed by atoms with van der Waals surface area (Å²) in [7, 11) is -8.34. The van der Waals surface area contributed by atoms with Crippen LogP contribution in [0.4, 0.5) is 11.4 Å². The van der Waals surface area contributed by atoms with Crippen LogP contribution >= 0.6 is 0 Å². The zero-order valence-corrected chi connectivity index (χ0v) is 19.9. The van der Waals surface area contributed by atoms with Crippen LogP contribution in [0.2, 0.25) is 0 Å². The molecule has 0 aliphatic rings. The van der Waals surface area contributed by atoms with Crippen molar-refractivity contribution in [3.05, 3.63) is 96.1 Å². The average molecular weight is 527 g/mol. The summed E-state index contributed by atoms with van der Waals surface area (Å²) in [4.78, 5) is 21.9. The summed E-state index contributed by atoms with van der Waals surface area (Å²) in [6.07, 6.45) is 0. The lowest BCUT2D eigenvalue weighted by atomic mass is 10.1. The zero-order chi connectivity index (χ0) is 26.1. The topological polar surface area (TPSA) is 167 Å². The Bertz CT molecular complexity index is 1600. The quantitative estimate of drug-likeness (QED) is 0.269. The molecule has 184 valence electrons. The molecule has 12 heteroatoms. The first-order chi connectivity index (χ1) is 17.0. The van der Waals surface area contributed by atoms with Crippen molar-refractivity contribution in [3.8, 4) is 0 Å². The molecule has 0 aliphatic carbocycles. The summed E-state index contributed by atoms with van der Waals surface area (Å²) in [5.41, 5.74) is -0.108. The molecule has 4 aromatic carbocycles. The van der Waals surface area contributed by atoms with E-state index in [0.717, 1.165) is 12.1 Å². The molecule has 0 amide bonds. The fraction of sp³-hybridized carbons (Fsp3) is 0. The Morgan fingerprint density at radius 2 is 0.944 bits per heavy atom. The fourth-order valence-electron chi connectivity index (χ4n) is 3.48. The SMILES string of the molecule is O=C(O)c1cccc(S(=O)(=O)Nc2ccc(NS(=O)(=O)c3cccc(C(=O)O)c3)c3ccccc23)c1. The lowest BCUT2D eigenvalue weighted by molar-refractivity contribution is 0.0685. The molecule has 0 fully saturated rings. The molecule has 0 aliphatic heterocycles. The van der Waals surface area contributed by atoms with E-state index in [-0.39, 0.29) is 32.3 Å². The van der Waals surface area contributed by atoms with Crippen LogP contribution in [0.3, 0.4) is 0 Å². The number of sulfonamides is 2. The predicted octanol–water partition coefficient (Wildman–Crippen LogP) is 3.84. The number of nitrogens with one attached hydrogen (secondary N) is 2. The standard InChI is InChI=1S/C24H18N2O8S2/c27-23(28)15-5-3-7-17(13-15)35(31,32)25-21-11-12-22(20-10-2-1-9-19(20)21)26-36(33,34)18-8-4-6-16(14-18)24(29)30/h1-14,25-26H,(H,27,28)(H,29,30). The number of benzene rings is 4. The van der Waals surface area contributed by atoms with E-state index in [4.69, 9.17) is 10.2 Å². The molecule has 0 aromatic heterocycles. The summed E-state index contributed by atoms with van der Waals surface area (Å²) in [6, 6.07) is 18.9. The number of aromatic carboxylic acids is 2. The molecule has 4 rings (SSSR count). The summed E-state index contributed by atoms with van der Waals surface area (Å²) in [5.74, 6) is -2.55. The second kappa shape index (κ2) is 9.32. The largest absolute Gasteiger partial charge is 0.478 e. The van der Waals surface area contributed by atoms with E-state index >= 15 is 0 Å². The number of carboxylic acid groups (broad SMARTS) is 2. The molecule has 4 N–H and O–H groups in total. The van der Waals surface area contributed by atoms with Gasteiger partial charge >= 0.3 is 11.9 Å². The molecule has 0 saturated carbocycles. The lowest BCUT2D eigenvalue weighted by Gasteiger charge is -2.15. The highest BCUT2D eigenvalue weighted by Gasteiger charge is 2.21. The van der Waals surface area contributed by atoms with Crippen LogP contribution in [0.15, 0.2) is 94.7 Å². The highest BCUT2D eigenvalue weighted by Crippen LogP contribution is 2.33. The average Bonchev–Trinajstić information content (AvgIpc) is 2.85. The molecule has 4 aromatic rings. The monoisotopic (exact) mass is 526 g/mol. The molecule has 0 radical (unpaired) electrons. The maximum absolute atomic E-state index is 12.9. The summed E-state index contributed by atoms with van der Waals surface area (Å²) in [5, 5.41) is 19.0. The minimum Gasteiger partial charge on any atom is -0.478 e. The number of hydrogen-bond acceptors (Lipinski definition) is 6. The number of carbonyl (C=O) groups is 2. The smallest absolute Gasteiger partial charge is 0.335 e. The molecule has 36 heavy (non-hydrogen) atoms. The molecule has 0 atom stereocenters. The maximum atomic E-state index is 12.9. The van der Waals surface area contributed by atoms with Gasteiger partial charge in [-0.1, -0.05) is 36.4 Å². The van der Waals surface area contributed by atoms with Gasteiger partial charge in [0.2, 0.25) is 0 Å². The molecular formula is C24H18N2O8S2. The van der Waals surface area contributed by atoms with Gasteiger partial charge in [0.05, 0.1) is 32.3 Å². The van der Waals surface area contributed by atoms with Crippen molar-refractivity contribution in [3.63, 3.8) is 0 Å². The third kappa shape index (κ3) is 4.99. The van der Waals surface area contributed by atoms with Crippen molar-refractivity contribution in [2.45, 2.75) is 9.79 Å². The van der Waals surface area contributed by atoms with Gasteiger partial charge < -0.3 is 10.2 Å². The highest BCUT2D eigenvalue weighted by molar-refractivity contribution is 7.93. The molecule has 10 nitrogen and oxygen atoms in total. The van der Waals surface area contributed by atoms with Crippen LogP contribution in [-0.2, 0) is 20.0 Å². The second-order valence-corrected chi connectivity index (χ2v) is 10.9. The van der Waals surface area contributed by atoms with Crippen molar-refractivity contribution in [2.75, 3.05) is 9.44 Å². The van der Waals surface area contributed by atoms with Crippen molar-refractivity contribution >= 4 is 54.1 Å². The number of fused-ring (bicyclic) bond motifs is 1. The van der Waals surface area contributed by atoms with Gasteiger partial charge in [-0.15, -0.1) is 0 Å². The number of carboxylic acids is 2. The Kier molecular flexibility index (Phi) is 6.39. The Labute approximate surface area is 205 Å². The van der Waals surface area contributed by atoms with Crippen LogP contribution < -0.4 is 9.44 Å². The van der Waals surface area contributed by atoms with E-state index in [9.17, 15) is 26.4 Å². The van der Waals surface area contributed by atoms with Gasteiger partial charge in [0.1, 0.15) is 0 Å². The Balaban J connectivity index is 1.72. The summed E-state index contributed by atoms with van der Waals surface area (Å²) in [6.45, 7) is 0. The Morgan fingerprint density at radius 3 is 1.31 bits per heavy atom. The maximum Gasteiger partial charge on any atom is 0.335 e. The van der Waals surface area contributed by atoms with E-state index in [1.807, 2.05) is 0 Å². The minimum absolute atomic E-state index is 0.141. The molecule has 0 spiro atoms. The van der Waals surface area contributed by atoms with E-state index in [1.54, 1.807) is 24.3 Å². The zero-order valence-electron chi connectivity index (χ0n) is 18.2. The summed E-state index contributed by atoms with van der Waals surface area (Å²) < 4.78 is 56.6. The fourth-order valence-corrected chi connectivity index (χ4v) is 5.73. The van der Waals surface area contributed by atoms with E-state index in [1.165, 1.54) is 48.5 Å². The number of anilines is 2. The molecule has 0 bridgehead atoms.